The summed E-state index contributed by atoms with van der Waals surface area (Å²) in [5.41, 5.74) is 1.68. The highest BCUT2D eigenvalue weighted by atomic mass is 32.2. The molecule has 2 aromatic carbocycles. The lowest BCUT2D eigenvalue weighted by atomic mass is 10.1. The van der Waals surface area contributed by atoms with Crippen molar-refractivity contribution in [3.8, 4) is 0 Å². The first-order valence-electron chi connectivity index (χ1n) is 12.7. The molecule has 0 N–H and O–H groups in total. The molecule has 3 aliphatic rings. The van der Waals surface area contributed by atoms with Gasteiger partial charge in [-0.1, -0.05) is 42.5 Å². The number of hydrogen-bond acceptors (Lipinski definition) is 6. The van der Waals surface area contributed by atoms with Gasteiger partial charge in [0.25, 0.3) is 5.91 Å². The number of hydrogen-bond donors (Lipinski definition) is 0. The summed E-state index contributed by atoms with van der Waals surface area (Å²) >= 11 is 0. The van der Waals surface area contributed by atoms with Crippen LogP contribution in [0, 0.1) is 0 Å². The molecule has 0 bridgehead atoms. The first-order chi connectivity index (χ1) is 18.8. The topological polar surface area (TPSA) is 111 Å². The van der Waals surface area contributed by atoms with Crippen LogP contribution >= 0.6 is 0 Å². The summed E-state index contributed by atoms with van der Waals surface area (Å²) in [6, 6.07) is 17.7. The van der Waals surface area contributed by atoms with Crippen molar-refractivity contribution >= 4 is 39.2 Å². The van der Waals surface area contributed by atoms with E-state index in [1.807, 2.05) is 30.3 Å². The molecular formula is C28H27N5O5S. The number of carbonyl (C=O) groups is 3. The van der Waals surface area contributed by atoms with E-state index in [4.69, 9.17) is 0 Å². The number of piperazine rings is 1. The minimum atomic E-state index is -3.67. The number of pyridine rings is 1. The van der Waals surface area contributed by atoms with Crippen molar-refractivity contribution in [3.05, 3.63) is 84.7 Å². The van der Waals surface area contributed by atoms with Crippen LogP contribution in [0.5, 0.6) is 0 Å². The van der Waals surface area contributed by atoms with Crippen molar-refractivity contribution in [1.82, 2.24) is 19.7 Å². The fraction of sp³-hybridized carbons (Fsp3) is 0.286. The van der Waals surface area contributed by atoms with E-state index < -0.39 is 21.9 Å². The van der Waals surface area contributed by atoms with Crippen LogP contribution < -0.4 is 4.90 Å². The minimum absolute atomic E-state index is 0.000165. The fourth-order valence-electron chi connectivity index (χ4n) is 5.56. The van der Waals surface area contributed by atoms with Crippen LogP contribution in [0.25, 0.3) is 0 Å². The number of amides is 5. The van der Waals surface area contributed by atoms with Gasteiger partial charge in [-0.15, -0.1) is 0 Å². The number of anilines is 2. The molecule has 1 saturated carbocycles. The summed E-state index contributed by atoms with van der Waals surface area (Å²) in [5, 5.41) is 0. The zero-order chi connectivity index (χ0) is 27.3. The van der Waals surface area contributed by atoms with E-state index in [0.717, 1.165) is 18.2 Å². The number of sulfone groups is 1. The van der Waals surface area contributed by atoms with Crippen molar-refractivity contribution in [1.29, 1.82) is 0 Å². The number of benzene rings is 2. The molecule has 11 heteroatoms. The molecule has 3 aromatic rings. The van der Waals surface area contributed by atoms with Crippen molar-refractivity contribution < 1.29 is 22.8 Å². The van der Waals surface area contributed by atoms with Crippen LogP contribution in [0.3, 0.4) is 0 Å². The Morgan fingerprint density at radius 1 is 0.974 bits per heavy atom. The Kier molecular flexibility index (Phi) is 6.10. The Morgan fingerprint density at radius 2 is 1.72 bits per heavy atom. The lowest BCUT2D eigenvalue weighted by Gasteiger charge is -2.38. The van der Waals surface area contributed by atoms with Crippen molar-refractivity contribution in [3.63, 3.8) is 0 Å². The molecule has 39 heavy (non-hydrogen) atoms. The van der Waals surface area contributed by atoms with Crippen LogP contribution in [0.4, 0.5) is 21.0 Å². The first-order valence-corrected chi connectivity index (χ1v) is 14.6. The second-order valence-corrected chi connectivity index (χ2v) is 12.0. The third-order valence-electron chi connectivity index (χ3n) is 7.54. The van der Waals surface area contributed by atoms with Gasteiger partial charge in [-0.2, -0.15) is 0 Å². The summed E-state index contributed by atoms with van der Waals surface area (Å²) in [7, 11) is -3.67. The molecule has 3 heterocycles. The second-order valence-electron chi connectivity index (χ2n) is 10.0. The highest BCUT2D eigenvalue weighted by Gasteiger charge is 2.57. The number of para-hydroxylation sites is 1. The van der Waals surface area contributed by atoms with Gasteiger partial charge in [0.2, 0.25) is 0 Å². The molecule has 10 nitrogen and oxygen atoms in total. The summed E-state index contributed by atoms with van der Waals surface area (Å²) < 4.78 is 25.2. The summed E-state index contributed by atoms with van der Waals surface area (Å²) in [4.78, 5) is 50.6. The monoisotopic (exact) mass is 545 g/mol. The largest absolute Gasteiger partial charge is 0.329 e. The Labute approximate surface area is 226 Å². The third kappa shape index (κ3) is 4.42. The number of carbonyl (C=O) groups excluding carboxylic acids is 3. The summed E-state index contributed by atoms with van der Waals surface area (Å²) in [6.07, 6.45) is 4.86. The highest BCUT2D eigenvalue weighted by Crippen LogP contribution is 2.47. The molecule has 2 saturated heterocycles. The maximum Gasteiger partial charge on any atom is 0.329 e. The number of aromatic nitrogens is 1. The molecule has 3 fully saturated rings. The molecule has 0 spiro atoms. The van der Waals surface area contributed by atoms with Crippen molar-refractivity contribution in [2.75, 3.05) is 30.8 Å². The third-order valence-corrected chi connectivity index (χ3v) is 8.69. The van der Waals surface area contributed by atoms with E-state index in [1.165, 1.54) is 27.0 Å². The summed E-state index contributed by atoms with van der Waals surface area (Å²) in [6.45, 7) is 0.419. The smallest absolute Gasteiger partial charge is 0.320 e. The quantitative estimate of drug-likeness (QED) is 0.455. The highest BCUT2D eigenvalue weighted by molar-refractivity contribution is 7.90. The van der Waals surface area contributed by atoms with Crippen molar-refractivity contribution in [2.45, 2.75) is 29.3 Å². The molecule has 1 aromatic heterocycles. The Bertz CT molecular complexity index is 1550. The SMILES string of the molecule is CS(=O)(=O)c1ccccc1N(C(=O)N1CCN2C(=O)N([C@H]3C[C@@H]3c3ccccc3)C(=O)C2C1)c1cccnc1. The maximum absolute atomic E-state index is 14.0. The number of imide groups is 1. The summed E-state index contributed by atoms with van der Waals surface area (Å²) in [5.74, 6) is -0.183. The molecule has 1 aliphatic carbocycles. The normalized spacial score (nSPS) is 22.6. The molecule has 6 rings (SSSR count). The van der Waals surface area contributed by atoms with E-state index in [-0.39, 0.29) is 54.1 Å². The predicted octanol–water partition coefficient (Wildman–Crippen LogP) is 3.25. The van der Waals surface area contributed by atoms with E-state index in [2.05, 4.69) is 4.98 Å². The molecule has 5 amide bonds. The molecule has 3 atom stereocenters. The lowest BCUT2D eigenvalue weighted by Crippen LogP contribution is -2.57. The first kappa shape index (κ1) is 25.1. The van der Waals surface area contributed by atoms with Crippen LogP contribution in [0.1, 0.15) is 17.9 Å². The van der Waals surface area contributed by atoms with Crippen LogP contribution in [0.2, 0.25) is 0 Å². The zero-order valence-corrected chi connectivity index (χ0v) is 22.1. The van der Waals surface area contributed by atoms with Crippen LogP contribution in [-0.2, 0) is 14.6 Å². The molecule has 0 radical (unpaired) electrons. The van der Waals surface area contributed by atoms with Gasteiger partial charge < -0.3 is 9.80 Å². The van der Waals surface area contributed by atoms with Gasteiger partial charge in [0.05, 0.1) is 29.0 Å². The van der Waals surface area contributed by atoms with E-state index in [1.54, 1.807) is 41.4 Å². The van der Waals surface area contributed by atoms with E-state index in [9.17, 15) is 22.8 Å². The Hall–Kier alpha value is -4.25. The second kappa shape index (κ2) is 9.49. The molecular weight excluding hydrogens is 518 g/mol. The van der Waals surface area contributed by atoms with Gasteiger partial charge in [-0.3, -0.25) is 19.6 Å². The van der Waals surface area contributed by atoms with Gasteiger partial charge in [-0.05, 0) is 36.2 Å². The number of nitrogens with zero attached hydrogens (tertiary/aromatic N) is 5. The Balaban J connectivity index is 1.27. The lowest BCUT2D eigenvalue weighted by molar-refractivity contribution is -0.129. The van der Waals surface area contributed by atoms with Gasteiger partial charge in [-0.25, -0.2) is 18.0 Å². The predicted molar refractivity (Wildman–Crippen MR) is 143 cm³/mol. The average molecular weight is 546 g/mol. The van der Waals surface area contributed by atoms with Gasteiger partial charge in [0, 0.05) is 37.5 Å². The van der Waals surface area contributed by atoms with Crippen LogP contribution in [0.15, 0.2) is 84.0 Å². The fourth-order valence-corrected chi connectivity index (χ4v) is 6.42. The number of urea groups is 2. The van der Waals surface area contributed by atoms with Gasteiger partial charge >= 0.3 is 12.1 Å². The minimum Gasteiger partial charge on any atom is -0.320 e. The molecule has 200 valence electrons. The standard InChI is InChI=1S/C28H27N5O5S/c1-39(37,38)25-12-6-5-11-22(25)32(20-10-7-13-29-17-20)27(35)30-14-15-31-24(18-30)26(34)33(28(31)36)23-16-21(23)19-8-3-2-4-9-19/h2-13,17,21,23-24H,14-16,18H2,1H3/t21-,23+,24?/m1/s1. The van der Waals surface area contributed by atoms with E-state index in [0.29, 0.717) is 5.69 Å². The molecule has 1 unspecified atom stereocenters. The number of rotatable bonds is 5. The van der Waals surface area contributed by atoms with Crippen LogP contribution in [-0.4, -0.2) is 84.0 Å². The van der Waals surface area contributed by atoms with E-state index >= 15 is 0 Å². The molecule has 2 aliphatic heterocycles. The van der Waals surface area contributed by atoms with Gasteiger partial charge in [0.15, 0.2) is 9.84 Å². The maximum atomic E-state index is 14.0. The Morgan fingerprint density at radius 3 is 2.44 bits per heavy atom. The van der Waals surface area contributed by atoms with Gasteiger partial charge in [0.1, 0.15) is 6.04 Å². The number of fused-ring (bicyclic) bond motifs is 1. The average Bonchev–Trinajstić information content (AvgIpc) is 3.69. The van der Waals surface area contributed by atoms with Crippen molar-refractivity contribution in [2.24, 2.45) is 0 Å². The zero-order valence-electron chi connectivity index (χ0n) is 21.3.